The number of hydrogen-bond donors (Lipinski definition) is 0. The molecule has 2 unspecified atom stereocenters. The highest BCUT2D eigenvalue weighted by atomic mass is 16.5. The Balaban J connectivity index is 1.74. The maximum absolute atomic E-state index is 12.7. The second-order valence-electron chi connectivity index (χ2n) is 5.99. The zero-order chi connectivity index (χ0) is 14.3. The molecule has 6 heteroatoms. The molecule has 0 aromatic rings. The molecule has 112 valence electrons. The molecule has 0 radical (unpaired) electrons. The second kappa shape index (κ2) is 5.33. The minimum atomic E-state index is -0.411. The molecule has 20 heavy (non-hydrogen) atoms. The molecule has 4 atom stereocenters. The molecule has 1 amide bonds. The van der Waals surface area contributed by atoms with E-state index in [0.29, 0.717) is 0 Å². The van der Waals surface area contributed by atoms with E-state index in [1.54, 1.807) is 0 Å². The largest absolute Gasteiger partial charge is 0.469 e. The SMILES string of the molecule is COC(=O)C1C(C(=O)N2CCN(C)CC2)[C@H]2CC[C@H]1O2. The second-order valence-corrected chi connectivity index (χ2v) is 5.99. The standard InChI is InChI=1S/C14H22N2O4/c1-15-5-7-16(8-6-15)13(17)11-9-3-4-10(20-9)12(11)14(18)19-2/h9-12H,3-8H2,1-2H3/t9-,10-,11?,12?/m1/s1. The number of amides is 1. The fraction of sp³-hybridized carbons (Fsp3) is 0.857. The van der Waals surface area contributed by atoms with E-state index in [4.69, 9.17) is 9.47 Å². The van der Waals surface area contributed by atoms with Gasteiger partial charge in [-0.1, -0.05) is 0 Å². The van der Waals surface area contributed by atoms with Gasteiger partial charge in [0.15, 0.2) is 0 Å². The maximum Gasteiger partial charge on any atom is 0.312 e. The summed E-state index contributed by atoms with van der Waals surface area (Å²) in [5.74, 6) is -0.985. The Kier molecular flexibility index (Phi) is 3.69. The Hall–Kier alpha value is -1.14. The van der Waals surface area contributed by atoms with Gasteiger partial charge in [-0.25, -0.2) is 0 Å². The first-order valence-electron chi connectivity index (χ1n) is 7.32. The van der Waals surface area contributed by atoms with E-state index in [0.717, 1.165) is 39.0 Å². The number of rotatable bonds is 2. The number of piperazine rings is 1. The van der Waals surface area contributed by atoms with Crippen LogP contribution in [0, 0.1) is 11.8 Å². The topological polar surface area (TPSA) is 59.1 Å². The summed E-state index contributed by atoms with van der Waals surface area (Å²) < 4.78 is 10.7. The minimum Gasteiger partial charge on any atom is -0.469 e. The number of hydrogen-bond acceptors (Lipinski definition) is 5. The molecule has 0 aromatic carbocycles. The van der Waals surface area contributed by atoms with Crippen molar-refractivity contribution in [3.63, 3.8) is 0 Å². The summed E-state index contributed by atoms with van der Waals surface area (Å²) in [6.07, 6.45) is 1.50. The van der Waals surface area contributed by atoms with E-state index in [9.17, 15) is 9.59 Å². The third-order valence-electron chi connectivity index (χ3n) is 4.85. The summed E-state index contributed by atoms with van der Waals surface area (Å²) in [6, 6.07) is 0. The zero-order valence-corrected chi connectivity index (χ0v) is 12.1. The number of methoxy groups -OCH3 is 1. The summed E-state index contributed by atoms with van der Waals surface area (Å²) in [5.41, 5.74) is 0. The molecule has 0 spiro atoms. The maximum atomic E-state index is 12.7. The van der Waals surface area contributed by atoms with Crippen LogP contribution in [0.5, 0.6) is 0 Å². The van der Waals surface area contributed by atoms with Crippen LogP contribution in [-0.2, 0) is 19.1 Å². The van der Waals surface area contributed by atoms with E-state index in [-0.39, 0.29) is 30.0 Å². The van der Waals surface area contributed by atoms with Crippen LogP contribution in [0.2, 0.25) is 0 Å². The van der Waals surface area contributed by atoms with Crippen LogP contribution in [0.3, 0.4) is 0 Å². The van der Waals surface area contributed by atoms with Gasteiger partial charge in [0.25, 0.3) is 0 Å². The molecule has 0 saturated carbocycles. The van der Waals surface area contributed by atoms with Crippen LogP contribution >= 0.6 is 0 Å². The number of ether oxygens (including phenoxy) is 2. The summed E-state index contributed by atoms with van der Waals surface area (Å²) in [7, 11) is 3.44. The van der Waals surface area contributed by atoms with Gasteiger partial charge in [-0.05, 0) is 19.9 Å². The average Bonchev–Trinajstić information content (AvgIpc) is 3.07. The van der Waals surface area contributed by atoms with Crippen molar-refractivity contribution in [1.82, 2.24) is 9.80 Å². The van der Waals surface area contributed by atoms with Crippen molar-refractivity contribution < 1.29 is 19.1 Å². The lowest BCUT2D eigenvalue weighted by atomic mass is 9.78. The van der Waals surface area contributed by atoms with Crippen molar-refractivity contribution in [2.75, 3.05) is 40.3 Å². The van der Waals surface area contributed by atoms with Crippen molar-refractivity contribution in [3.05, 3.63) is 0 Å². The predicted molar refractivity (Wildman–Crippen MR) is 71.0 cm³/mol. The monoisotopic (exact) mass is 282 g/mol. The van der Waals surface area contributed by atoms with E-state index in [2.05, 4.69) is 11.9 Å². The van der Waals surface area contributed by atoms with Crippen LogP contribution in [-0.4, -0.2) is 74.2 Å². The Bertz CT molecular complexity index is 406. The van der Waals surface area contributed by atoms with Crippen LogP contribution < -0.4 is 0 Å². The van der Waals surface area contributed by atoms with E-state index >= 15 is 0 Å². The van der Waals surface area contributed by atoms with Gasteiger partial charge in [-0.15, -0.1) is 0 Å². The summed E-state index contributed by atoms with van der Waals surface area (Å²) in [4.78, 5) is 28.8. The molecule has 3 heterocycles. The summed E-state index contributed by atoms with van der Waals surface area (Å²) >= 11 is 0. The van der Waals surface area contributed by atoms with Crippen LogP contribution in [0.4, 0.5) is 0 Å². The highest BCUT2D eigenvalue weighted by Gasteiger charge is 2.56. The number of likely N-dealkylation sites (N-methyl/N-ethyl adjacent to an activating group) is 1. The molecule has 0 aromatic heterocycles. The van der Waals surface area contributed by atoms with Gasteiger partial charge < -0.3 is 19.3 Å². The van der Waals surface area contributed by atoms with Crippen molar-refractivity contribution in [1.29, 1.82) is 0 Å². The number of esters is 1. The molecule has 3 fully saturated rings. The molecule has 6 nitrogen and oxygen atoms in total. The summed E-state index contributed by atoms with van der Waals surface area (Å²) in [6.45, 7) is 3.24. The number of carbonyl (C=O) groups is 2. The molecular formula is C14H22N2O4. The van der Waals surface area contributed by atoms with Gasteiger partial charge in [0, 0.05) is 26.2 Å². The molecule has 3 aliphatic heterocycles. The lowest BCUT2D eigenvalue weighted by Gasteiger charge is -2.36. The first-order chi connectivity index (χ1) is 9.61. The van der Waals surface area contributed by atoms with Crippen LogP contribution in [0.15, 0.2) is 0 Å². The predicted octanol–water partition coefficient (Wildman–Crippen LogP) is -0.273. The Morgan fingerprint density at radius 3 is 2.25 bits per heavy atom. The smallest absolute Gasteiger partial charge is 0.312 e. The molecular weight excluding hydrogens is 260 g/mol. The quantitative estimate of drug-likeness (QED) is 0.652. The van der Waals surface area contributed by atoms with E-state index < -0.39 is 5.92 Å². The summed E-state index contributed by atoms with van der Waals surface area (Å²) in [5, 5.41) is 0. The fourth-order valence-electron chi connectivity index (χ4n) is 3.66. The zero-order valence-electron chi connectivity index (χ0n) is 12.1. The van der Waals surface area contributed by atoms with Crippen molar-refractivity contribution in [2.45, 2.75) is 25.0 Å². The highest BCUT2D eigenvalue weighted by Crippen LogP contribution is 2.44. The third kappa shape index (κ3) is 2.20. The molecule has 3 rings (SSSR count). The molecule has 2 bridgehead atoms. The molecule has 0 N–H and O–H groups in total. The Morgan fingerprint density at radius 1 is 1.05 bits per heavy atom. The molecule has 0 aliphatic carbocycles. The number of carbonyl (C=O) groups excluding carboxylic acids is 2. The number of nitrogens with zero attached hydrogens (tertiary/aromatic N) is 2. The lowest BCUT2D eigenvalue weighted by molar-refractivity contribution is -0.154. The molecule has 3 saturated heterocycles. The van der Waals surface area contributed by atoms with Gasteiger partial charge in [0.05, 0.1) is 31.2 Å². The van der Waals surface area contributed by atoms with Gasteiger partial charge in [-0.2, -0.15) is 0 Å². The average molecular weight is 282 g/mol. The Labute approximate surface area is 119 Å². The van der Waals surface area contributed by atoms with Crippen LogP contribution in [0.25, 0.3) is 0 Å². The van der Waals surface area contributed by atoms with Crippen LogP contribution in [0.1, 0.15) is 12.8 Å². The normalized spacial score (nSPS) is 37.2. The minimum absolute atomic E-state index is 0.0701. The first kappa shape index (κ1) is 13.8. The van der Waals surface area contributed by atoms with Crippen molar-refractivity contribution >= 4 is 11.9 Å². The van der Waals surface area contributed by atoms with Gasteiger partial charge in [0.1, 0.15) is 0 Å². The van der Waals surface area contributed by atoms with Gasteiger partial charge in [-0.3, -0.25) is 9.59 Å². The third-order valence-corrected chi connectivity index (χ3v) is 4.85. The first-order valence-corrected chi connectivity index (χ1v) is 7.32. The number of fused-ring (bicyclic) bond motifs is 2. The van der Waals surface area contributed by atoms with Gasteiger partial charge in [0.2, 0.25) is 5.91 Å². The Morgan fingerprint density at radius 2 is 1.65 bits per heavy atom. The van der Waals surface area contributed by atoms with Gasteiger partial charge >= 0.3 is 5.97 Å². The van der Waals surface area contributed by atoms with Crippen molar-refractivity contribution in [3.8, 4) is 0 Å². The molecule has 3 aliphatic rings. The lowest BCUT2D eigenvalue weighted by Crippen LogP contribution is -2.52. The van der Waals surface area contributed by atoms with Crippen molar-refractivity contribution in [2.24, 2.45) is 11.8 Å². The fourth-order valence-corrected chi connectivity index (χ4v) is 3.66. The van der Waals surface area contributed by atoms with E-state index in [1.807, 2.05) is 4.90 Å². The highest BCUT2D eigenvalue weighted by molar-refractivity contribution is 5.87. The van der Waals surface area contributed by atoms with E-state index in [1.165, 1.54) is 7.11 Å².